The number of allylic oxidation sites excluding steroid dienone is 8. The molecule has 0 heterocycles. The molecule has 0 aromatic rings. The number of ether oxygens (including phenoxy) is 1. The molecule has 0 radical (unpaired) electrons. The van der Waals surface area contributed by atoms with Gasteiger partial charge in [-0.15, -0.1) is 0 Å². The van der Waals surface area contributed by atoms with E-state index in [-0.39, 0.29) is 12.5 Å². The van der Waals surface area contributed by atoms with Gasteiger partial charge in [-0.25, -0.2) is 0 Å². The summed E-state index contributed by atoms with van der Waals surface area (Å²) < 4.78 is 4.76. The molecule has 1 amide bonds. The average molecular weight is 362 g/mol. The van der Waals surface area contributed by atoms with Crippen LogP contribution in [0, 0.1) is 0 Å². The Hall–Kier alpha value is -1.61. The summed E-state index contributed by atoms with van der Waals surface area (Å²) in [4.78, 5) is 11.2. The molecule has 3 nitrogen and oxygen atoms in total. The topological polar surface area (TPSA) is 38.3 Å². The lowest BCUT2D eigenvalue weighted by Gasteiger charge is -2.02. The van der Waals surface area contributed by atoms with E-state index in [1.165, 1.54) is 32.8 Å². The number of amides is 1. The summed E-state index contributed by atoms with van der Waals surface area (Å²) in [7, 11) is 1.53. The SMILES string of the molecule is CCCCCC=CCC=CCC=CCC=CCCCCNC(=O)COC. The number of rotatable bonds is 17. The van der Waals surface area contributed by atoms with Crippen LogP contribution in [0.25, 0.3) is 0 Å². The second-order valence-corrected chi connectivity index (χ2v) is 6.37. The fourth-order valence-corrected chi connectivity index (χ4v) is 2.36. The maximum absolute atomic E-state index is 11.2. The highest BCUT2D eigenvalue weighted by Gasteiger charge is 1.96. The first-order valence-corrected chi connectivity index (χ1v) is 10.2. The van der Waals surface area contributed by atoms with Crippen LogP contribution in [-0.2, 0) is 9.53 Å². The normalized spacial score (nSPS) is 12.2. The van der Waals surface area contributed by atoms with E-state index in [1.54, 1.807) is 0 Å². The molecule has 148 valence electrons. The molecule has 0 spiro atoms. The molecule has 0 unspecified atom stereocenters. The first-order valence-electron chi connectivity index (χ1n) is 10.2. The number of hydrogen-bond acceptors (Lipinski definition) is 2. The third kappa shape index (κ3) is 20.4. The van der Waals surface area contributed by atoms with E-state index < -0.39 is 0 Å². The molecule has 3 heteroatoms. The molecule has 0 fully saturated rings. The first kappa shape index (κ1) is 24.4. The minimum atomic E-state index is -0.0368. The quantitative estimate of drug-likeness (QED) is 0.259. The summed E-state index contributed by atoms with van der Waals surface area (Å²) in [5.74, 6) is -0.0368. The van der Waals surface area contributed by atoms with Crippen LogP contribution >= 0.6 is 0 Å². The van der Waals surface area contributed by atoms with Crippen molar-refractivity contribution in [1.82, 2.24) is 5.32 Å². The van der Waals surface area contributed by atoms with Crippen LogP contribution < -0.4 is 5.32 Å². The van der Waals surface area contributed by atoms with Gasteiger partial charge >= 0.3 is 0 Å². The van der Waals surface area contributed by atoms with E-state index in [0.717, 1.165) is 45.1 Å². The zero-order chi connectivity index (χ0) is 19.1. The van der Waals surface area contributed by atoms with E-state index in [9.17, 15) is 4.79 Å². The Kier molecular flexibility index (Phi) is 20.1. The number of methoxy groups -OCH3 is 1. The summed E-state index contributed by atoms with van der Waals surface area (Å²) in [5.41, 5.74) is 0. The van der Waals surface area contributed by atoms with Crippen LogP contribution in [-0.4, -0.2) is 26.2 Å². The standard InChI is InChI=1S/C23H39NO2/c1-3-4-5-6-7-8-9-10-11-12-13-14-15-16-17-18-19-20-21-24-23(25)22-26-2/h7-8,10-11,13-14,16-17H,3-6,9,12,15,18-22H2,1-2H3,(H,24,25). The second-order valence-electron chi connectivity index (χ2n) is 6.37. The summed E-state index contributed by atoms with van der Waals surface area (Å²) in [6.45, 7) is 3.12. The van der Waals surface area contributed by atoms with Gasteiger partial charge in [0.2, 0.25) is 5.91 Å². The molecule has 0 saturated heterocycles. The zero-order valence-electron chi connectivity index (χ0n) is 16.9. The highest BCUT2D eigenvalue weighted by molar-refractivity contribution is 5.77. The fourth-order valence-electron chi connectivity index (χ4n) is 2.36. The predicted octanol–water partition coefficient (Wildman–Crippen LogP) is 5.89. The van der Waals surface area contributed by atoms with Gasteiger partial charge in [-0.3, -0.25) is 4.79 Å². The Balaban J connectivity index is 3.40. The smallest absolute Gasteiger partial charge is 0.245 e. The van der Waals surface area contributed by atoms with Gasteiger partial charge in [-0.2, -0.15) is 0 Å². The van der Waals surface area contributed by atoms with Gasteiger partial charge in [-0.05, 0) is 51.4 Å². The molecular formula is C23H39NO2. The Bertz CT molecular complexity index is 422. The highest BCUT2D eigenvalue weighted by Crippen LogP contribution is 2.01. The van der Waals surface area contributed by atoms with Gasteiger partial charge in [0.05, 0.1) is 0 Å². The summed E-state index contributed by atoms with van der Waals surface area (Å²) >= 11 is 0. The van der Waals surface area contributed by atoms with Crippen molar-refractivity contribution in [3.8, 4) is 0 Å². The number of carbonyl (C=O) groups is 1. The van der Waals surface area contributed by atoms with Crippen molar-refractivity contribution in [2.45, 2.75) is 71.1 Å². The lowest BCUT2D eigenvalue weighted by Crippen LogP contribution is -2.27. The van der Waals surface area contributed by atoms with Gasteiger partial charge in [0.1, 0.15) is 6.61 Å². The minimum Gasteiger partial charge on any atom is -0.375 e. The van der Waals surface area contributed by atoms with Crippen molar-refractivity contribution in [2.75, 3.05) is 20.3 Å². The lowest BCUT2D eigenvalue weighted by molar-refractivity contribution is -0.124. The molecule has 0 aromatic heterocycles. The van der Waals surface area contributed by atoms with Crippen LogP contribution in [0.3, 0.4) is 0 Å². The van der Waals surface area contributed by atoms with Crippen molar-refractivity contribution in [3.05, 3.63) is 48.6 Å². The summed E-state index contributed by atoms with van der Waals surface area (Å²) in [5, 5.41) is 2.83. The molecule has 0 atom stereocenters. The molecule has 0 aromatic carbocycles. The predicted molar refractivity (Wildman–Crippen MR) is 113 cm³/mol. The van der Waals surface area contributed by atoms with Crippen molar-refractivity contribution >= 4 is 5.91 Å². The third-order valence-electron chi connectivity index (χ3n) is 3.85. The molecular weight excluding hydrogens is 322 g/mol. The Morgan fingerprint density at radius 2 is 1.27 bits per heavy atom. The minimum absolute atomic E-state index is 0.0368. The third-order valence-corrected chi connectivity index (χ3v) is 3.85. The van der Waals surface area contributed by atoms with Gasteiger partial charge in [0.25, 0.3) is 0 Å². The van der Waals surface area contributed by atoms with Crippen molar-refractivity contribution in [3.63, 3.8) is 0 Å². The van der Waals surface area contributed by atoms with Gasteiger partial charge in [0.15, 0.2) is 0 Å². The van der Waals surface area contributed by atoms with Crippen LogP contribution in [0.1, 0.15) is 71.1 Å². The maximum atomic E-state index is 11.2. The molecule has 0 aliphatic rings. The lowest BCUT2D eigenvalue weighted by atomic mass is 10.2. The number of unbranched alkanes of at least 4 members (excludes halogenated alkanes) is 5. The average Bonchev–Trinajstić information content (AvgIpc) is 2.64. The number of hydrogen-bond donors (Lipinski definition) is 1. The monoisotopic (exact) mass is 361 g/mol. The van der Waals surface area contributed by atoms with Crippen LogP contribution in [0.5, 0.6) is 0 Å². The van der Waals surface area contributed by atoms with Crippen molar-refractivity contribution in [1.29, 1.82) is 0 Å². The van der Waals surface area contributed by atoms with Gasteiger partial charge in [-0.1, -0.05) is 68.4 Å². The molecule has 0 bridgehead atoms. The Morgan fingerprint density at radius 1 is 0.769 bits per heavy atom. The second kappa shape index (κ2) is 21.4. The number of nitrogens with one attached hydrogen (secondary N) is 1. The van der Waals surface area contributed by atoms with Crippen molar-refractivity contribution < 1.29 is 9.53 Å². The van der Waals surface area contributed by atoms with Crippen molar-refractivity contribution in [2.24, 2.45) is 0 Å². The van der Waals surface area contributed by atoms with Crippen LogP contribution in [0.2, 0.25) is 0 Å². The molecule has 1 N–H and O–H groups in total. The molecule has 0 rings (SSSR count). The number of carbonyl (C=O) groups excluding carboxylic acids is 1. The first-order chi connectivity index (χ1) is 12.8. The fraction of sp³-hybridized carbons (Fsp3) is 0.609. The van der Waals surface area contributed by atoms with Gasteiger partial charge < -0.3 is 10.1 Å². The van der Waals surface area contributed by atoms with E-state index in [1.807, 2.05) is 0 Å². The van der Waals surface area contributed by atoms with Crippen LogP contribution in [0.15, 0.2) is 48.6 Å². The molecule has 0 aliphatic carbocycles. The molecule has 0 aliphatic heterocycles. The van der Waals surface area contributed by atoms with Gasteiger partial charge in [0, 0.05) is 13.7 Å². The molecule has 0 saturated carbocycles. The molecule has 26 heavy (non-hydrogen) atoms. The van der Waals surface area contributed by atoms with E-state index in [4.69, 9.17) is 4.74 Å². The largest absolute Gasteiger partial charge is 0.375 e. The van der Waals surface area contributed by atoms with Crippen LogP contribution in [0.4, 0.5) is 0 Å². The highest BCUT2D eigenvalue weighted by atomic mass is 16.5. The summed E-state index contributed by atoms with van der Waals surface area (Å²) in [6.07, 6.45) is 29.3. The van der Waals surface area contributed by atoms with E-state index in [0.29, 0.717) is 0 Å². The Morgan fingerprint density at radius 3 is 1.77 bits per heavy atom. The zero-order valence-corrected chi connectivity index (χ0v) is 16.9. The van der Waals surface area contributed by atoms with E-state index >= 15 is 0 Å². The summed E-state index contributed by atoms with van der Waals surface area (Å²) in [6, 6.07) is 0. The maximum Gasteiger partial charge on any atom is 0.245 e. The Labute approximate surface area is 161 Å². The van der Waals surface area contributed by atoms with E-state index in [2.05, 4.69) is 60.8 Å².